The highest BCUT2D eigenvalue weighted by molar-refractivity contribution is 5.73. The largest absolute Gasteiger partial charge is 0.263 e. The highest BCUT2D eigenvalue weighted by Gasteiger charge is 2.16. The average Bonchev–Trinajstić information content (AvgIpc) is 2.38. The summed E-state index contributed by atoms with van der Waals surface area (Å²) in [7, 11) is 0. The van der Waals surface area contributed by atoms with Crippen LogP contribution in [0.1, 0.15) is 37.5 Å². The van der Waals surface area contributed by atoms with Crippen LogP contribution in [0.2, 0.25) is 0 Å². The number of benzene rings is 1. The Bertz CT molecular complexity index is 643. The predicted octanol–water partition coefficient (Wildman–Crippen LogP) is 4.23. The Labute approximate surface area is 114 Å². The fourth-order valence-electron chi connectivity index (χ4n) is 2.10. The van der Waals surface area contributed by atoms with Crippen molar-refractivity contribution in [2.24, 2.45) is 0 Å². The number of nitriles is 1. The minimum absolute atomic E-state index is 0.0995. The molecule has 1 aromatic heterocycles. The molecule has 2 rings (SSSR count). The molecule has 0 unspecified atom stereocenters. The molecule has 0 aliphatic carbocycles. The molecule has 0 bridgehead atoms. The van der Waals surface area contributed by atoms with Crippen LogP contribution in [0.15, 0.2) is 36.7 Å². The fourth-order valence-corrected chi connectivity index (χ4v) is 2.10. The van der Waals surface area contributed by atoms with E-state index in [9.17, 15) is 5.26 Å². The summed E-state index contributed by atoms with van der Waals surface area (Å²) >= 11 is 0. The van der Waals surface area contributed by atoms with Crippen molar-refractivity contribution < 1.29 is 0 Å². The lowest BCUT2D eigenvalue weighted by molar-refractivity contribution is 0.590. The molecule has 2 heteroatoms. The maximum Gasteiger partial charge on any atom is 0.101 e. The first kappa shape index (κ1) is 13.3. The number of aryl methyl sites for hydroxylation is 1. The average molecular weight is 250 g/mol. The first-order valence-corrected chi connectivity index (χ1v) is 6.39. The molecule has 0 saturated carbocycles. The highest BCUT2D eigenvalue weighted by Crippen LogP contribution is 2.31. The molecular weight excluding hydrogens is 232 g/mol. The molecule has 0 saturated heterocycles. The van der Waals surface area contributed by atoms with E-state index in [0.29, 0.717) is 5.56 Å². The van der Waals surface area contributed by atoms with Crippen LogP contribution < -0.4 is 0 Å². The summed E-state index contributed by atoms with van der Waals surface area (Å²) in [4.78, 5) is 4.02. The maximum absolute atomic E-state index is 9.21. The standard InChI is InChI=1S/C17H18N2/c1-12-5-6-14(17(2,3)4)9-16(12)15-7-8-19-11-13(15)10-18/h5-9,11H,1-4H3. The van der Waals surface area contributed by atoms with Gasteiger partial charge in [-0.15, -0.1) is 0 Å². The van der Waals surface area contributed by atoms with E-state index in [2.05, 4.69) is 56.9 Å². The van der Waals surface area contributed by atoms with Crippen molar-refractivity contribution >= 4 is 0 Å². The van der Waals surface area contributed by atoms with E-state index in [4.69, 9.17) is 0 Å². The molecule has 0 amide bonds. The quantitative estimate of drug-likeness (QED) is 0.759. The van der Waals surface area contributed by atoms with Crippen molar-refractivity contribution in [1.82, 2.24) is 4.98 Å². The minimum Gasteiger partial charge on any atom is -0.263 e. The van der Waals surface area contributed by atoms with Gasteiger partial charge in [0.15, 0.2) is 0 Å². The van der Waals surface area contributed by atoms with Gasteiger partial charge in [-0.2, -0.15) is 5.26 Å². The van der Waals surface area contributed by atoms with Crippen molar-refractivity contribution in [3.8, 4) is 17.2 Å². The van der Waals surface area contributed by atoms with E-state index in [0.717, 1.165) is 11.1 Å². The van der Waals surface area contributed by atoms with Crippen molar-refractivity contribution in [2.45, 2.75) is 33.1 Å². The Morgan fingerprint density at radius 3 is 2.47 bits per heavy atom. The van der Waals surface area contributed by atoms with Gasteiger partial charge in [0.1, 0.15) is 6.07 Å². The minimum atomic E-state index is 0.0995. The highest BCUT2D eigenvalue weighted by atomic mass is 14.6. The summed E-state index contributed by atoms with van der Waals surface area (Å²) in [6, 6.07) is 10.6. The molecule has 0 N–H and O–H groups in total. The summed E-state index contributed by atoms with van der Waals surface area (Å²) in [5.41, 5.74) is 5.25. The van der Waals surface area contributed by atoms with Gasteiger partial charge in [0, 0.05) is 18.0 Å². The van der Waals surface area contributed by atoms with Gasteiger partial charge < -0.3 is 0 Å². The van der Waals surface area contributed by atoms with Crippen LogP contribution in [0.5, 0.6) is 0 Å². The second-order valence-corrected chi connectivity index (χ2v) is 5.81. The molecule has 2 nitrogen and oxygen atoms in total. The van der Waals surface area contributed by atoms with Crippen molar-refractivity contribution in [3.63, 3.8) is 0 Å². The normalized spacial score (nSPS) is 11.1. The Balaban J connectivity index is 2.66. The smallest absolute Gasteiger partial charge is 0.101 e. The van der Waals surface area contributed by atoms with E-state index >= 15 is 0 Å². The molecule has 0 aliphatic rings. The summed E-state index contributed by atoms with van der Waals surface area (Å²) < 4.78 is 0. The van der Waals surface area contributed by atoms with Crippen molar-refractivity contribution in [2.75, 3.05) is 0 Å². The second kappa shape index (κ2) is 4.85. The summed E-state index contributed by atoms with van der Waals surface area (Å²) in [5, 5.41) is 9.21. The first-order valence-electron chi connectivity index (χ1n) is 6.39. The third-order valence-electron chi connectivity index (χ3n) is 3.34. The second-order valence-electron chi connectivity index (χ2n) is 5.81. The van der Waals surface area contributed by atoms with E-state index in [1.54, 1.807) is 12.4 Å². The molecule has 0 spiro atoms. The predicted molar refractivity (Wildman–Crippen MR) is 77.8 cm³/mol. The van der Waals surface area contributed by atoms with Gasteiger partial charge in [-0.25, -0.2) is 0 Å². The van der Waals surface area contributed by atoms with Gasteiger partial charge in [-0.05, 0) is 35.1 Å². The first-order chi connectivity index (χ1) is 8.93. The topological polar surface area (TPSA) is 36.7 Å². The molecule has 2 aromatic rings. The number of pyridine rings is 1. The number of hydrogen-bond donors (Lipinski definition) is 0. The zero-order valence-corrected chi connectivity index (χ0v) is 11.9. The number of aromatic nitrogens is 1. The summed E-state index contributed by atoms with van der Waals surface area (Å²) in [6.07, 6.45) is 3.36. The molecule has 1 heterocycles. The van der Waals surface area contributed by atoms with Gasteiger partial charge in [0.2, 0.25) is 0 Å². The van der Waals surface area contributed by atoms with Crippen LogP contribution in [0, 0.1) is 18.3 Å². The van der Waals surface area contributed by atoms with Gasteiger partial charge >= 0.3 is 0 Å². The van der Waals surface area contributed by atoms with Gasteiger partial charge in [-0.1, -0.05) is 39.0 Å². The van der Waals surface area contributed by atoms with Crippen LogP contribution in [-0.4, -0.2) is 4.98 Å². The van der Waals surface area contributed by atoms with E-state index in [1.165, 1.54) is 11.1 Å². The maximum atomic E-state index is 9.21. The number of nitrogens with zero attached hydrogens (tertiary/aromatic N) is 2. The molecule has 1 aromatic carbocycles. The lowest BCUT2D eigenvalue weighted by atomic mass is 9.84. The number of rotatable bonds is 1. The molecule has 0 atom stereocenters. The van der Waals surface area contributed by atoms with Crippen LogP contribution in [0.3, 0.4) is 0 Å². The molecular formula is C17H18N2. The zero-order chi connectivity index (χ0) is 14.0. The zero-order valence-electron chi connectivity index (χ0n) is 11.9. The monoisotopic (exact) mass is 250 g/mol. The van der Waals surface area contributed by atoms with Crippen molar-refractivity contribution in [3.05, 3.63) is 53.3 Å². The lowest BCUT2D eigenvalue weighted by Gasteiger charge is -2.21. The molecule has 0 radical (unpaired) electrons. The molecule has 96 valence electrons. The van der Waals surface area contributed by atoms with Crippen LogP contribution in [0.4, 0.5) is 0 Å². The Hall–Kier alpha value is -2.14. The lowest BCUT2D eigenvalue weighted by Crippen LogP contribution is -2.11. The summed E-state index contributed by atoms with van der Waals surface area (Å²) in [6.45, 7) is 8.65. The molecule has 0 aliphatic heterocycles. The van der Waals surface area contributed by atoms with Gasteiger partial charge in [0.25, 0.3) is 0 Å². The van der Waals surface area contributed by atoms with Crippen LogP contribution in [-0.2, 0) is 5.41 Å². The van der Waals surface area contributed by atoms with E-state index in [1.807, 2.05) is 6.07 Å². The van der Waals surface area contributed by atoms with Crippen LogP contribution >= 0.6 is 0 Å². The van der Waals surface area contributed by atoms with Crippen LogP contribution in [0.25, 0.3) is 11.1 Å². The Morgan fingerprint density at radius 1 is 1.11 bits per heavy atom. The van der Waals surface area contributed by atoms with Crippen molar-refractivity contribution in [1.29, 1.82) is 5.26 Å². The Kier molecular flexibility index (Phi) is 3.40. The van der Waals surface area contributed by atoms with Gasteiger partial charge in [-0.3, -0.25) is 4.98 Å². The third kappa shape index (κ3) is 2.66. The third-order valence-corrected chi connectivity index (χ3v) is 3.34. The molecule has 19 heavy (non-hydrogen) atoms. The number of hydrogen-bond acceptors (Lipinski definition) is 2. The summed E-state index contributed by atoms with van der Waals surface area (Å²) in [5.74, 6) is 0. The Morgan fingerprint density at radius 2 is 1.84 bits per heavy atom. The SMILES string of the molecule is Cc1ccc(C(C)(C)C)cc1-c1ccncc1C#N. The fraction of sp³-hybridized carbons (Fsp3) is 0.294. The van der Waals surface area contributed by atoms with Gasteiger partial charge in [0.05, 0.1) is 5.56 Å². The van der Waals surface area contributed by atoms with E-state index in [-0.39, 0.29) is 5.41 Å². The molecule has 0 fully saturated rings. The van der Waals surface area contributed by atoms with E-state index < -0.39 is 0 Å².